The van der Waals surface area contributed by atoms with Crippen molar-refractivity contribution in [3.8, 4) is 34.1 Å². The first-order valence-corrected chi connectivity index (χ1v) is 6.37. The highest BCUT2D eigenvalue weighted by molar-refractivity contribution is 5.94. The molecule has 0 aliphatic rings. The molecule has 22 heavy (non-hydrogen) atoms. The number of benzene rings is 2. The zero-order valence-corrected chi connectivity index (χ0v) is 11.5. The van der Waals surface area contributed by atoms with Gasteiger partial charge in [-0.05, 0) is 23.8 Å². The third-order valence-electron chi connectivity index (χ3n) is 3.32. The van der Waals surface area contributed by atoms with Gasteiger partial charge in [0.15, 0.2) is 11.3 Å². The first kappa shape index (κ1) is 13.8. The molecule has 0 spiro atoms. The molecule has 0 unspecified atom stereocenters. The molecule has 6 nitrogen and oxygen atoms in total. The lowest BCUT2D eigenvalue weighted by Crippen LogP contribution is -2.03. The van der Waals surface area contributed by atoms with Gasteiger partial charge < -0.3 is 24.5 Å². The third-order valence-corrected chi connectivity index (χ3v) is 3.32. The predicted octanol–water partition coefficient (Wildman–Crippen LogP) is 2.59. The smallest absolute Gasteiger partial charge is 0.348 e. The van der Waals surface area contributed by atoms with Crippen molar-refractivity contribution in [2.24, 2.45) is 0 Å². The summed E-state index contributed by atoms with van der Waals surface area (Å²) in [5.41, 5.74) is -0.606. The fourth-order valence-electron chi connectivity index (χ4n) is 2.27. The molecular weight excluding hydrogens is 288 g/mol. The molecular formula is C16H12O6. The molecule has 0 saturated heterocycles. The van der Waals surface area contributed by atoms with Crippen LogP contribution in [-0.2, 0) is 0 Å². The van der Waals surface area contributed by atoms with Crippen LogP contribution in [0.5, 0.6) is 23.0 Å². The van der Waals surface area contributed by atoms with Gasteiger partial charge in [-0.1, -0.05) is 12.1 Å². The van der Waals surface area contributed by atoms with Crippen LogP contribution in [0.15, 0.2) is 45.6 Å². The minimum Gasteiger partial charge on any atom is -0.508 e. The normalized spacial score (nSPS) is 10.8. The molecule has 0 fully saturated rings. The predicted molar refractivity (Wildman–Crippen MR) is 79.5 cm³/mol. The molecule has 0 bridgehead atoms. The van der Waals surface area contributed by atoms with Crippen LogP contribution in [0.1, 0.15) is 0 Å². The second-order valence-corrected chi connectivity index (χ2v) is 4.68. The van der Waals surface area contributed by atoms with E-state index >= 15 is 0 Å². The largest absolute Gasteiger partial charge is 0.508 e. The standard InChI is InChI=1S/C16H12O6/c1-21-10-4-2-8(3-5-10)13-14(19)11-6-9(17)7-12(18)15(11)22-16(13)20/h2-7,17-19H,1H3. The Hall–Kier alpha value is -3.15. The molecule has 3 N–H and O–H groups in total. The molecule has 6 heteroatoms. The number of ether oxygens (including phenoxy) is 1. The Morgan fingerprint density at radius 1 is 1.05 bits per heavy atom. The Bertz CT molecular complexity index is 909. The van der Waals surface area contributed by atoms with Crippen molar-refractivity contribution in [2.45, 2.75) is 0 Å². The van der Waals surface area contributed by atoms with Crippen molar-refractivity contribution < 1.29 is 24.5 Å². The molecule has 3 aromatic rings. The monoisotopic (exact) mass is 300 g/mol. The zero-order valence-electron chi connectivity index (χ0n) is 11.5. The first-order chi connectivity index (χ1) is 10.5. The molecule has 0 aliphatic carbocycles. The number of fused-ring (bicyclic) bond motifs is 1. The number of hydrogen-bond acceptors (Lipinski definition) is 6. The van der Waals surface area contributed by atoms with Gasteiger partial charge in [0, 0.05) is 6.07 Å². The second kappa shape index (κ2) is 5.00. The second-order valence-electron chi connectivity index (χ2n) is 4.68. The van der Waals surface area contributed by atoms with Crippen molar-refractivity contribution in [1.29, 1.82) is 0 Å². The quantitative estimate of drug-likeness (QED) is 0.629. The summed E-state index contributed by atoms with van der Waals surface area (Å²) in [6, 6.07) is 8.70. The highest BCUT2D eigenvalue weighted by Crippen LogP contribution is 2.38. The third kappa shape index (κ3) is 2.10. The average Bonchev–Trinajstić information content (AvgIpc) is 2.49. The van der Waals surface area contributed by atoms with Crippen molar-refractivity contribution in [3.63, 3.8) is 0 Å². The van der Waals surface area contributed by atoms with Gasteiger partial charge in [0.1, 0.15) is 22.8 Å². The maximum Gasteiger partial charge on any atom is 0.348 e. The molecule has 0 amide bonds. The van der Waals surface area contributed by atoms with Gasteiger partial charge in [-0.15, -0.1) is 0 Å². The summed E-state index contributed by atoms with van der Waals surface area (Å²) < 4.78 is 10.1. The van der Waals surface area contributed by atoms with Crippen molar-refractivity contribution in [3.05, 3.63) is 46.8 Å². The first-order valence-electron chi connectivity index (χ1n) is 6.37. The molecule has 0 aliphatic heterocycles. The van der Waals surface area contributed by atoms with Crippen LogP contribution >= 0.6 is 0 Å². The van der Waals surface area contributed by atoms with E-state index in [0.29, 0.717) is 11.3 Å². The molecule has 0 radical (unpaired) electrons. The van der Waals surface area contributed by atoms with Crippen LogP contribution in [0.3, 0.4) is 0 Å². The average molecular weight is 300 g/mol. The Kier molecular flexibility index (Phi) is 3.14. The van der Waals surface area contributed by atoms with E-state index in [-0.39, 0.29) is 28.0 Å². The highest BCUT2D eigenvalue weighted by atomic mass is 16.5. The number of aromatic hydroxyl groups is 3. The molecule has 3 rings (SSSR count). The topological polar surface area (TPSA) is 100 Å². The number of rotatable bonds is 2. The summed E-state index contributed by atoms with van der Waals surface area (Å²) in [4.78, 5) is 12.1. The number of hydrogen-bond donors (Lipinski definition) is 3. The van der Waals surface area contributed by atoms with E-state index in [1.54, 1.807) is 24.3 Å². The fourth-order valence-corrected chi connectivity index (χ4v) is 2.27. The van der Waals surface area contributed by atoms with E-state index in [0.717, 1.165) is 6.07 Å². The van der Waals surface area contributed by atoms with Crippen LogP contribution in [0.2, 0.25) is 0 Å². The lowest BCUT2D eigenvalue weighted by molar-refractivity contribution is 0.415. The lowest BCUT2D eigenvalue weighted by atomic mass is 10.0. The van der Waals surface area contributed by atoms with Crippen LogP contribution in [0.25, 0.3) is 22.1 Å². The highest BCUT2D eigenvalue weighted by Gasteiger charge is 2.18. The maximum atomic E-state index is 12.1. The maximum absolute atomic E-state index is 12.1. The van der Waals surface area contributed by atoms with Crippen molar-refractivity contribution in [1.82, 2.24) is 0 Å². The molecule has 1 heterocycles. The van der Waals surface area contributed by atoms with Gasteiger partial charge in [0.05, 0.1) is 12.5 Å². The molecule has 112 valence electrons. The number of methoxy groups -OCH3 is 1. The molecule has 2 aromatic carbocycles. The van der Waals surface area contributed by atoms with E-state index in [2.05, 4.69) is 0 Å². The van der Waals surface area contributed by atoms with Gasteiger partial charge >= 0.3 is 5.63 Å². The van der Waals surface area contributed by atoms with E-state index in [4.69, 9.17) is 9.15 Å². The van der Waals surface area contributed by atoms with Gasteiger partial charge in [0.25, 0.3) is 0 Å². The van der Waals surface area contributed by atoms with Crippen molar-refractivity contribution >= 4 is 11.0 Å². The summed E-state index contributed by atoms with van der Waals surface area (Å²) in [7, 11) is 1.52. The van der Waals surface area contributed by atoms with Crippen LogP contribution in [-0.4, -0.2) is 22.4 Å². The van der Waals surface area contributed by atoms with Gasteiger partial charge in [-0.25, -0.2) is 4.79 Å². The molecule has 0 saturated carbocycles. The zero-order chi connectivity index (χ0) is 15.9. The lowest BCUT2D eigenvalue weighted by Gasteiger charge is -2.08. The summed E-state index contributed by atoms with van der Waals surface area (Å²) in [5, 5.41) is 29.6. The van der Waals surface area contributed by atoms with Crippen LogP contribution in [0, 0.1) is 0 Å². The minimum absolute atomic E-state index is 0.0444. The summed E-state index contributed by atoms with van der Waals surface area (Å²) in [5.74, 6) is -0.454. The van der Waals surface area contributed by atoms with Crippen LogP contribution in [0.4, 0.5) is 0 Å². The molecule has 1 aromatic heterocycles. The van der Waals surface area contributed by atoms with Gasteiger partial charge in [-0.3, -0.25) is 0 Å². The Morgan fingerprint density at radius 2 is 1.73 bits per heavy atom. The summed E-state index contributed by atoms with van der Waals surface area (Å²) in [6.45, 7) is 0. The fraction of sp³-hybridized carbons (Fsp3) is 0.0625. The summed E-state index contributed by atoms with van der Waals surface area (Å²) in [6.07, 6.45) is 0. The number of phenolic OH excluding ortho intramolecular Hbond substituents is 2. The Labute approximate surface area is 124 Å². The van der Waals surface area contributed by atoms with E-state index in [1.165, 1.54) is 13.2 Å². The minimum atomic E-state index is -0.795. The van der Waals surface area contributed by atoms with Gasteiger partial charge in [0.2, 0.25) is 0 Å². The molecule has 0 atom stereocenters. The van der Waals surface area contributed by atoms with E-state index < -0.39 is 11.4 Å². The van der Waals surface area contributed by atoms with Gasteiger partial charge in [-0.2, -0.15) is 0 Å². The summed E-state index contributed by atoms with van der Waals surface area (Å²) >= 11 is 0. The van der Waals surface area contributed by atoms with E-state index in [9.17, 15) is 20.1 Å². The Morgan fingerprint density at radius 3 is 2.36 bits per heavy atom. The number of phenols is 2. The van der Waals surface area contributed by atoms with Crippen LogP contribution < -0.4 is 10.4 Å². The SMILES string of the molecule is COc1ccc(-c2c(O)c3cc(O)cc(O)c3oc2=O)cc1. The Balaban J connectivity index is 2.32. The van der Waals surface area contributed by atoms with Crippen molar-refractivity contribution in [2.75, 3.05) is 7.11 Å². The van der Waals surface area contributed by atoms with E-state index in [1.807, 2.05) is 0 Å².